The van der Waals surface area contributed by atoms with E-state index in [0.717, 1.165) is 10.2 Å². The Hall–Kier alpha value is -2.28. The molecule has 0 unspecified atom stereocenters. The largest absolute Gasteiger partial charge is 0.493 e. The molecule has 1 aromatic carbocycles. The van der Waals surface area contributed by atoms with Crippen molar-refractivity contribution in [2.75, 3.05) is 14.2 Å². The Kier molecular flexibility index (Phi) is 5.21. The number of hydrogen-bond acceptors (Lipinski definition) is 5. The Balaban J connectivity index is 2.06. The van der Waals surface area contributed by atoms with Crippen molar-refractivity contribution in [1.29, 1.82) is 0 Å². The highest BCUT2D eigenvalue weighted by Crippen LogP contribution is 2.27. The van der Waals surface area contributed by atoms with Crippen LogP contribution in [0.3, 0.4) is 0 Å². The zero-order valence-corrected chi connectivity index (χ0v) is 13.9. The molecule has 0 aliphatic rings. The molecule has 0 radical (unpaired) electrons. The molecular formula is C15H15BrN2O4. The van der Waals surface area contributed by atoms with Gasteiger partial charge in [0.1, 0.15) is 11.5 Å². The van der Waals surface area contributed by atoms with E-state index in [4.69, 9.17) is 13.9 Å². The lowest BCUT2D eigenvalue weighted by molar-refractivity contribution is 0.0954. The number of furan rings is 1. The summed E-state index contributed by atoms with van der Waals surface area (Å²) in [5.74, 6) is 1.95. The molecule has 1 aromatic heterocycles. The Morgan fingerprint density at radius 1 is 1.27 bits per heavy atom. The number of methoxy groups -OCH3 is 2. The summed E-state index contributed by atoms with van der Waals surface area (Å²) in [5.41, 5.74) is 2.83. The van der Waals surface area contributed by atoms with Crippen LogP contribution in [0.5, 0.6) is 11.5 Å². The van der Waals surface area contributed by atoms with Gasteiger partial charge in [0, 0.05) is 11.6 Å². The fourth-order valence-corrected chi connectivity index (χ4v) is 2.05. The van der Waals surface area contributed by atoms with Crippen molar-refractivity contribution in [1.82, 2.24) is 5.43 Å². The van der Waals surface area contributed by atoms with E-state index in [1.807, 2.05) is 6.92 Å². The average Bonchev–Trinajstić information content (AvgIpc) is 2.84. The fraction of sp³-hybridized carbons (Fsp3) is 0.200. The molecular weight excluding hydrogens is 352 g/mol. The van der Waals surface area contributed by atoms with Crippen molar-refractivity contribution >= 4 is 28.1 Å². The molecule has 0 atom stereocenters. The van der Waals surface area contributed by atoms with Crippen LogP contribution >= 0.6 is 15.9 Å². The highest BCUT2D eigenvalue weighted by atomic mass is 79.9. The van der Waals surface area contributed by atoms with Crippen molar-refractivity contribution < 1.29 is 18.7 Å². The van der Waals surface area contributed by atoms with Gasteiger partial charge in [0.15, 0.2) is 11.5 Å². The maximum absolute atomic E-state index is 12.0. The number of benzene rings is 1. The molecule has 0 saturated carbocycles. The first-order valence-corrected chi connectivity index (χ1v) is 7.15. The molecule has 7 heteroatoms. The van der Waals surface area contributed by atoms with Crippen LogP contribution in [-0.2, 0) is 0 Å². The summed E-state index contributed by atoms with van der Waals surface area (Å²) in [4.78, 5) is 12.0. The number of hydrazone groups is 1. The van der Waals surface area contributed by atoms with Crippen LogP contribution in [0.4, 0.5) is 0 Å². The summed E-state index contributed by atoms with van der Waals surface area (Å²) in [7, 11) is 3.04. The van der Waals surface area contributed by atoms with Gasteiger partial charge in [-0.05, 0) is 41.1 Å². The van der Waals surface area contributed by atoms with Gasteiger partial charge < -0.3 is 13.9 Å². The Bertz CT molecular complexity index is 690. The van der Waals surface area contributed by atoms with Crippen molar-refractivity contribution in [3.8, 4) is 11.5 Å². The average molecular weight is 367 g/mol. The van der Waals surface area contributed by atoms with Crippen molar-refractivity contribution in [2.24, 2.45) is 5.10 Å². The van der Waals surface area contributed by atoms with Gasteiger partial charge >= 0.3 is 0 Å². The van der Waals surface area contributed by atoms with Gasteiger partial charge in [0.05, 0.1) is 24.9 Å². The van der Waals surface area contributed by atoms with Crippen molar-refractivity contribution in [2.45, 2.75) is 6.92 Å². The number of carbonyl (C=O) groups is 1. The van der Waals surface area contributed by atoms with Gasteiger partial charge in [-0.1, -0.05) is 0 Å². The number of amides is 1. The highest BCUT2D eigenvalue weighted by molar-refractivity contribution is 9.10. The van der Waals surface area contributed by atoms with Crippen LogP contribution in [0.15, 0.2) is 38.3 Å². The number of halogens is 1. The molecule has 2 rings (SSSR count). The number of hydrogen-bond donors (Lipinski definition) is 1. The topological polar surface area (TPSA) is 73.1 Å². The van der Waals surface area contributed by atoms with E-state index in [9.17, 15) is 4.79 Å². The van der Waals surface area contributed by atoms with E-state index in [-0.39, 0.29) is 5.91 Å². The van der Waals surface area contributed by atoms with Crippen LogP contribution in [0.25, 0.3) is 0 Å². The molecule has 116 valence electrons. The van der Waals surface area contributed by atoms with E-state index < -0.39 is 0 Å². The highest BCUT2D eigenvalue weighted by Gasteiger charge is 2.10. The number of rotatable bonds is 5. The second-order valence-electron chi connectivity index (χ2n) is 4.32. The first-order valence-electron chi connectivity index (χ1n) is 6.36. The quantitative estimate of drug-likeness (QED) is 0.651. The lowest BCUT2D eigenvalue weighted by Crippen LogP contribution is -2.17. The number of nitrogens with one attached hydrogen (secondary N) is 1. The molecule has 2 aromatic rings. The summed E-state index contributed by atoms with van der Waals surface area (Å²) in [6, 6.07) is 6.63. The van der Waals surface area contributed by atoms with E-state index in [1.54, 1.807) is 24.3 Å². The first kappa shape index (κ1) is 16.1. The van der Waals surface area contributed by atoms with E-state index in [0.29, 0.717) is 22.8 Å². The fourth-order valence-electron chi connectivity index (χ4n) is 1.74. The molecule has 0 aliphatic carbocycles. The van der Waals surface area contributed by atoms with Gasteiger partial charge in [-0.2, -0.15) is 5.10 Å². The molecule has 0 fully saturated rings. The van der Waals surface area contributed by atoms with E-state index in [1.165, 1.54) is 20.4 Å². The third-order valence-corrected chi connectivity index (χ3v) is 3.67. The summed E-state index contributed by atoms with van der Waals surface area (Å²) >= 11 is 3.33. The van der Waals surface area contributed by atoms with Gasteiger partial charge in [0.25, 0.3) is 5.91 Å². The number of ether oxygens (including phenoxy) is 2. The molecule has 1 heterocycles. The lowest BCUT2D eigenvalue weighted by Gasteiger charge is -2.08. The zero-order chi connectivity index (χ0) is 16.1. The summed E-state index contributed by atoms with van der Waals surface area (Å²) < 4.78 is 16.5. The van der Waals surface area contributed by atoms with Crippen LogP contribution in [0.2, 0.25) is 0 Å². The minimum Gasteiger partial charge on any atom is -0.493 e. The standard InChI is InChI=1S/C15H15BrN2O4/c1-9-12(16)7-11(22-9)8-17-18-15(19)10-4-5-13(20-2)14(6-10)21-3/h4-8H,1-3H3,(H,18,19)/b17-8+. The van der Waals surface area contributed by atoms with Crippen molar-refractivity contribution in [3.63, 3.8) is 0 Å². The third-order valence-electron chi connectivity index (χ3n) is 2.88. The molecule has 0 aliphatic heterocycles. The Labute approximate surface area is 136 Å². The van der Waals surface area contributed by atoms with E-state index in [2.05, 4.69) is 26.5 Å². The lowest BCUT2D eigenvalue weighted by atomic mass is 10.2. The molecule has 1 amide bonds. The molecule has 0 spiro atoms. The smallest absolute Gasteiger partial charge is 0.271 e. The van der Waals surface area contributed by atoms with Crippen LogP contribution in [-0.4, -0.2) is 26.3 Å². The third kappa shape index (κ3) is 3.67. The van der Waals surface area contributed by atoms with Gasteiger partial charge in [-0.25, -0.2) is 5.43 Å². The van der Waals surface area contributed by atoms with E-state index >= 15 is 0 Å². The molecule has 0 bridgehead atoms. The van der Waals surface area contributed by atoms with Crippen LogP contribution < -0.4 is 14.9 Å². The number of carbonyl (C=O) groups excluding carboxylic acids is 1. The zero-order valence-electron chi connectivity index (χ0n) is 12.3. The second-order valence-corrected chi connectivity index (χ2v) is 5.18. The van der Waals surface area contributed by atoms with Gasteiger partial charge in [-0.3, -0.25) is 4.79 Å². The number of aryl methyl sites for hydroxylation is 1. The maximum atomic E-state index is 12.0. The summed E-state index contributed by atoms with van der Waals surface area (Å²) in [6.07, 6.45) is 1.43. The van der Waals surface area contributed by atoms with Crippen LogP contribution in [0.1, 0.15) is 21.9 Å². The normalized spacial score (nSPS) is 10.7. The predicted octanol–water partition coefficient (Wildman–Crippen LogP) is 3.13. The first-order chi connectivity index (χ1) is 10.5. The summed E-state index contributed by atoms with van der Waals surface area (Å²) in [6.45, 7) is 1.82. The minimum absolute atomic E-state index is 0.362. The van der Waals surface area contributed by atoms with Crippen molar-refractivity contribution in [3.05, 3.63) is 45.8 Å². The van der Waals surface area contributed by atoms with Crippen LogP contribution in [0, 0.1) is 6.92 Å². The predicted molar refractivity (Wildman–Crippen MR) is 85.8 cm³/mol. The molecule has 0 saturated heterocycles. The molecule has 6 nitrogen and oxygen atoms in total. The number of nitrogens with zero attached hydrogens (tertiary/aromatic N) is 1. The van der Waals surface area contributed by atoms with Gasteiger partial charge in [0.2, 0.25) is 0 Å². The van der Waals surface area contributed by atoms with Gasteiger partial charge in [-0.15, -0.1) is 0 Å². The Morgan fingerprint density at radius 3 is 2.59 bits per heavy atom. The Morgan fingerprint density at radius 2 is 2.00 bits per heavy atom. The minimum atomic E-state index is -0.362. The maximum Gasteiger partial charge on any atom is 0.271 e. The SMILES string of the molecule is COc1ccc(C(=O)N/N=C/c2cc(Br)c(C)o2)cc1OC. The molecule has 22 heavy (non-hydrogen) atoms. The monoisotopic (exact) mass is 366 g/mol. The summed E-state index contributed by atoms with van der Waals surface area (Å²) in [5, 5.41) is 3.86. The molecule has 1 N–H and O–H groups in total. The second kappa shape index (κ2) is 7.13.